The summed E-state index contributed by atoms with van der Waals surface area (Å²) in [6, 6.07) is 11.3. The van der Waals surface area contributed by atoms with Crippen LogP contribution in [0.5, 0.6) is 0 Å². The maximum atomic E-state index is 11.9. The van der Waals surface area contributed by atoms with Crippen LogP contribution in [0.4, 0.5) is 9.93 Å². The molecule has 7 heteroatoms. The molecule has 3 N–H and O–H groups in total. The van der Waals surface area contributed by atoms with E-state index < -0.39 is 6.10 Å². The number of urea groups is 1. The van der Waals surface area contributed by atoms with Gasteiger partial charge in [-0.25, -0.2) is 9.78 Å². The minimum absolute atomic E-state index is 0.152. The van der Waals surface area contributed by atoms with Crippen LogP contribution in [-0.4, -0.2) is 22.7 Å². The molecule has 0 saturated carbocycles. The predicted octanol–water partition coefficient (Wildman–Crippen LogP) is 3.73. The lowest BCUT2D eigenvalue weighted by Crippen LogP contribution is -2.32. The zero-order valence-electron chi connectivity index (χ0n) is 12.1. The fraction of sp³-hybridized carbons (Fsp3) is 0.125. The molecular formula is C16H15N3O2S2. The number of benzene rings is 1. The van der Waals surface area contributed by atoms with E-state index in [1.807, 2.05) is 47.2 Å². The van der Waals surface area contributed by atoms with Gasteiger partial charge in [-0.1, -0.05) is 41.7 Å². The highest BCUT2D eigenvalue weighted by atomic mass is 32.1. The molecule has 0 aliphatic rings. The average molecular weight is 345 g/mol. The van der Waals surface area contributed by atoms with E-state index in [1.165, 1.54) is 22.7 Å². The Hall–Kier alpha value is -2.22. The van der Waals surface area contributed by atoms with Gasteiger partial charge in [-0.05, 0) is 28.0 Å². The Labute approximate surface area is 141 Å². The molecule has 118 valence electrons. The van der Waals surface area contributed by atoms with Gasteiger partial charge in [0, 0.05) is 12.7 Å². The molecule has 0 saturated heterocycles. The van der Waals surface area contributed by atoms with Gasteiger partial charge in [0.15, 0.2) is 5.13 Å². The topological polar surface area (TPSA) is 74.2 Å². The molecule has 0 aliphatic carbocycles. The Morgan fingerprint density at radius 2 is 2.09 bits per heavy atom. The molecule has 0 radical (unpaired) electrons. The first-order valence-corrected chi connectivity index (χ1v) is 8.74. The second-order valence-electron chi connectivity index (χ2n) is 4.80. The number of nitrogens with one attached hydrogen (secondary N) is 2. The summed E-state index contributed by atoms with van der Waals surface area (Å²) >= 11 is 2.91. The van der Waals surface area contributed by atoms with Crippen LogP contribution in [0, 0.1) is 0 Å². The lowest BCUT2D eigenvalue weighted by Gasteiger charge is -2.10. The van der Waals surface area contributed by atoms with Crippen LogP contribution < -0.4 is 10.6 Å². The molecule has 2 amide bonds. The van der Waals surface area contributed by atoms with Gasteiger partial charge >= 0.3 is 6.03 Å². The van der Waals surface area contributed by atoms with Crippen LogP contribution in [0.2, 0.25) is 0 Å². The fourth-order valence-corrected chi connectivity index (χ4v) is 3.50. The molecule has 0 spiro atoms. The summed E-state index contributed by atoms with van der Waals surface area (Å²) in [5.41, 5.74) is 1.86. The standard InChI is InChI=1S/C16H15N3O2S2/c20-13(12-6-7-22-10-12)8-17-15(21)19-16-18-9-14(23-16)11-4-2-1-3-5-11/h1-7,9-10,13,20H,8H2,(H2,17,18,19,21). The number of thiazole rings is 1. The Morgan fingerprint density at radius 3 is 2.83 bits per heavy atom. The largest absolute Gasteiger partial charge is 0.387 e. The van der Waals surface area contributed by atoms with E-state index >= 15 is 0 Å². The first-order chi connectivity index (χ1) is 11.2. The van der Waals surface area contributed by atoms with Crippen molar-refractivity contribution in [2.45, 2.75) is 6.10 Å². The number of carbonyl (C=O) groups excluding carboxylic acids is 1. The molecule has 5 nitrogen and oxygen atoms in total. The van der Waals surface area contributed by atoms with E-state index in [2.05, 4.69) is 15.6 Å². The Morgan fingerprint density at radius 1 is 1.26 bits per heavy atom. The minimum Gasteiger partial charge on any atom is -0.387 e. The third-order valence-electron chi connectivity index (χ3n) is 3.17. The molecule has 23 heavy (non-hydrogen) atoms. The second-order valence-corrected chi connectivity index (χ2v) is 6.61. The number of amides is 2. The number of rotatable bonds is 5. The summed E-state index contributed by atoms with van der Waals surface area (Å²) in [5, 5.41) is 19.5. The van der Waals surface area contributed by atoms with Gasteiger partial charge in [-0.3, -0.25) is 5.32 Å². The van der Waals surface area contributed by atoms with Gasteiger partial charge in [0.2, 0.25) is 0 Å². The first kappa shape index (κ1) is 15.7. The third-order valence-corrected chi connectivity index (χ3v) is 4.83. The number of aliphatic hydroxyl groups excluding tert-OH is 1. The van der Waals surface area contributed by atoms with Crippen LogP contribution in [0.25, 0.3) is 10.4 Å². The van der Waals surface area contributed by atoms with Crippen molar-refractivity contribution >= 4 is 33.8 Å². The lowest BCUT2D eigenvalue weighted by atomic mass is 10.2. The zero-order chi connectivity index (χ0) is 16.1. The van der Waals surface area contributed by atoms with Crippen molar-refractivity contribution in [3.05, 3.63) is 58.9 Å². The van der Waals surface area contributed by atoms with Crippen molar-refractivity contribution < 1.29 is 9.90 Å². The number of aromatic nitrogens is 1. The summed E-state index contributed by atoms with van der Waals surface area (Å²) in [7, 11) is 0. The fourth-order valence-electron chi connectivity index (χ4n) is 1.98. The highest BCUT2D eigenvalue weighted by Gasteiger charge is 2.11. The zero-order valence-corrected chi connectivity index (χ0v) is 13.7. The van der Waals surface area contributed by atoms with Crippen LogP contribution in [-0.2, 0) is 0 Å². The van der Waals surface area contributed by atoms with Gasteiger partial charge in [0.1, 0.15) is 0 Å². The number of thiophene rings is 1. The molecule has 0 aliphatic heterocycles. The number of anilines is 1. The number of carbonyl (C=O) groups is 1. The predicted molar refractivity (Wildman–Crippen MR) is 93.9 cm³/mol. The molecule has 0 fully saturated rings. The van der Waals surface area contributed by atoms with E-state index in [9.17, 15) is 9.90 Å². The Kier molecular flexibility index (Phi) is 5.02. The summed E-state index contributed by atoms with van der Waals surface area (Å²) in [5.74, 6) is 0. The van der Waals surface area contributed by atoms with Crippen molar-refractivity contribution in [2.24, 2.45) is 0 Å². The quantitative estimate of drug-likeness (QED) is 0.660. The summed E-state index contributed by atoms with van der Waals surface area (Å²) in [6.07, 6.45) is 1.03. The lowest BCUT2D eigenvalue weighted by molar-refractivity contribution is 0.175. The molecular weight excluding hydrogens is 330 g/mol. The summed E-state index contributed by atoms with van der Waals surface area (Å²) in [6.45, 7) is 0.152. The molecule has 2 aromatic heterocycles. The first-order valence-electron chi connectivity index (χ1n) is 6.98. The summed E-state index contributed by atoms with van der Waals surface area (Å²) in [4.78, 5) is 17.0. The molecule has 1 unspecified atom stereocenters. The van der Waals surface area contributed by atoms with Crippen molar-refractivity contribution in [1.29, 1.82) is 0 Å². The molecule has 1 atom stereocenters. The van der Waals surface area contributed by atoms with Crippen LogP contribution in [0.3, 0.4) is 0 Å². The maximum absolute atomic E-state index is 11.9. The molecule has 0 bridgehead atoms. The van der Waals surface area contributed by atoms with Gasteiger partial charge < -0.3 is 10.4 Å². The Bertz CT molecular complexity index is 757. The van der Waals surface area contributed by atoms with Crippen molar-refractivity contribution in [3.8, 4) is 10.4 Å². The van der Waals surface area contributed by atoms with Crippen molar-refractivity contribution in [3.63, 3.8) is 0 Å². The molecule has 2 heterocycles. The van der Waals surface area contributed by atoms with Gasteiger partial charge in [-0.2, -0.15) is 11.3 Å². The SMILES string of the molecule is O=C(NCC(O)c1ccsc1)Nc1ncc(-c2ccccc2)s1. The normalized spacial score (nSPS) is 11.9. The molecule has 1 aromatic carbocycles. The monoisotopic (exact) mass is 345 g/mol. The van der Waals surface area contributed by atoms with E-state index in [0.717, 1.165) is 16.0 Å². The maximum Gasteiger partial charge on any atom is 0.321 e. The van der Waals surface area contributed by atoms with E-state index in [4.69, 9.17) is 0 Å². The number of hydrogen-bond acceptors (Lipinski definition) is 5. The van der Waals surface area contributed by atoms with Crippen LogP contribution in [0.1, 0.15) is 11.7 Å². The van der Waals surface area contributed by atoms with Crippen molar-refractivity contribution in [2.75, 3.05) is 11.9 Å². The molecule has 3 rings (SSSR count). The van der Waals surface area contributed by atoms with Crippen LogP contribution in [0.15, 0.2) is 53.4 Å². The molecule has 3 aromatic rings. The van der Waals surface area contributed by atoms with E-state index in [0.29, 0.717) is 5.13 Å². The van der Waals surface area contributed by atoms with Crippen LogP contribution >= 0.6 is 22.7 Å². The average Bonchev–Trinajstić information content (AvgIpc) is 3.25. The van der Waals surface area contributed by atoms with Gasteiger partial charge in [0.05, 0.1) is 11.0 Å². The minimum atomic E-state index is -0.705. The highest BCUT2D eigenvalue weighted by molar-refractivity contribution is 7.19. The summed E-state index contributed by atoms with van der Waals surface area (Å²) < 4.78 is 0. The Balaban J connectivity index is 1.53. The number of aliphatic hydroxyl groups is 1. The second kappa shape index (κ2) is 7.36. The highest BCUT2D eigenvalue weighted by Crippen LogP contribution is 2.28. The van der Waals surface area contributed by atoms with Gasteiger partial charge in [0.25, 0.3) is 0 Å². The smallest absolute Gasteiger partial charge is 0.321 e. The van der Waals surface area contributed by atoms with Crippen molar-refractivity contribution in [1.82, 2.24) is 10.3 Å². The van der Waals surface area contributed by atoms with E-state index in [-0.39, 0.29) is 12.6 Å². The van der Waals surface area contributed by atoms with Gasteiger partial charge in [-0.15, -0.1) is 0 Å². The number of hydrogen-bond donors (Lipinski definition) is 3. The number of nitrogens with zero attached hydrogens (tertiary/aromatic N) is 1. The third kappa shape index (κ3) is 4.16. The van der Waals surface area contributed by atoms with E-state index in [1.54, 1.807) is 6.20 Å².